The average molecular weight is 430 g/mol. The first-order chi connectivity index (χ1) is 14.7. The maximum absolute atomic E-state index is 13.1. The monoisotopic (exact) mass is 430 g/mol. The van der Waals surface area contributed by atoms with Gasteiger partial charge in [0.2, 0.25) is 5.91 Å². The molecule has 0 spiro atoms. The van der Waals surface area contributed by atoms with Crippen molar-refractivity contribution in [1.82, 2.24) is 10.6 Å². The number of hydrogen-bond acceptors (Lipinski definition) is 4. The molecule has 3 N–H and O–H groups in total. The molecule has 31 heavy (non-hydrogen) atoms. The number of hydrogen-bond donors (Lipinski definition) is 3. The second kappa shape index (κ2) is 11.7. The standard InChI is InChI=1S/C23H27FN2O5/c1-15(2)12-19(26-23(30)31-14-17-6-4-3-5-7-17)21(27)25-20(22(28)29)13-16-8-10-18(24)11-9-16/h3-11,15,19-20H,12-14H2,1-2H3,(H,25,27)(H,26,30)(H,28,29)/t19-,20+/m0/s1. The molecule has 2 rings (SSSR count). The molecule has 0 aliphatic heterocycles. The molecule has 2 aromatic carbocycles. The largest absolute Gasteiger partial charge is 0.480 e. The summed E-state index contributed by atoms with van der Waals surface area (Å²) in [6.45, 7) is 3.81. The molecule has 2 aromatic rings. The highest BCUT2D eigenvalue weighted by Gasteiger charge is 2.27. The molecule has 0 radical (unpaired) electrons. The van der Waals surface area contributed by atoms with E-state index >= 15 is 0 Å². The van der Waals surface area contributed by atoms with Crippen LogP contribution in [-0.2, 0) is 27.4 Å². The van der Waals surface area contributed by atoms with E-state index in [9.17, 15) is 23.9 Å². The third kappa shape index (κ3) is 8.46. The maximum atomic E-state index is 13.1. The molecule has 2 atom stereocenters. The minimum Gasteiger partial charge on any atom is -0.480 e. The van der Waals surface area contributed by atoms with Crippen LogP contribution in [0.2, 0.25) is 0 Å². The van der Waals surface area contributed by atoms with Crippen molar-refractivity contribution in [2.45, 2.75) is 45.4 Å². The number of nitrogens with one attached hydrogen (secondary N) is 2. The maximum Gasteiger partial charge on any atom is 0.408 e. The van der Waals surface area contributed by atoms with E-state index in [1.165, 1.54) is 24.3 Å². The molecule has 0 aliphatic rings. The van der Waals surface area contributed by atoms with E-state index in [-0.39, 0.29) is 18.9 Å². The number of carboxylic acid groups (broad SMARTS) is 1. The molecule has 0 aliphatic carbocycles. The number of carbonyl (C=O) groups excluding carboxylic acids is 2. The molecule has 8 heteroatoms. The van der Waals surface area contributed by atoms with Gasteiger partial charge in [-0.25, -0.2) is 14.0 Å². The van der Waals surface area contributed by atoms with Gasteiger partial charge in [0.1, 0.15) is 24.5 Å². The molecular weight excluding hydrogens is 403 g/mol. The lowest BCUT2D eigenvalue weighted by Crippen LogP contribution is -2.52. The van der Waals surface area contributed by atoms with E-state index in [2.05, 4.69) is 10.6 Å². The predicted molar refractivity (Wildman–Crippen MR) is 113 cm³/mol. The molecule has 0 fully saturated rings. The van der Waals surface area contributed by atoms with E-state index in [1.807, 2.05) is 32.0 Å². The number of rotatable bonds is 10. The second-order valence-electron chi connectivity index (χ2n) is 7.62. The molecule has 0 saturated carbocycles. The van der Waals surface area contributed by atoms with Crippen molar-refractivity contribution in [1.29, 1.82) is 0 Å². The van der Waals surface area contributed by atoms with Crippen molar-refractivity contribution in [3.05, 3.63) is 71.5 Å². The summed E-state index contributed by atoms with van der Waals surface area (Å²) in [6, 6.07) is 12.3. The summed E-state index contributed by atoms with van der Waals surface area (Å²) in [6.07, 6.45) is -0.487. The van der Waals surface area contributed by atoms with Crippen LogP contribution in [0.4, 0.5) is 9.18 Å². The lowest BCUT2D eigenvalue weighted by atomic mass is 10.0. The van der Waals surface area contributed by atoms with Crippen LogP contribution in [0.3, 0.4) is 0 Å². The molecule has 2 amide bonds. The highest BCUT2D eigenvalue weighted by Crippen LogP contribution is 2.09. The number of aliphatic carboxylic acids is 1. The van der Waals surface area contributed by atoms with E-state index < -0.39 is 35.9 Å². The highest BCUT2D eigenvalue weighted by atomic mass is 19.1. The molecular formula is C23H27FN2O5. The van der Waals surface area contributed by atoms with Crippen LogP contribution in [0.15, 0.2) is 54.6 Å². The number of ether oxygens (including phenoxy) is 1. The van der Waals surface area contributed by atoms with Crippen molar-refractivity contribution in [3.63, 3.8) is 0 Å². The lowest BCUT2D eigenvalue weighted by Gasteiger charge is -2.22. The molecule has 0 aromatic heterocycles. The van der Waals surface area contributed by atoms with Crippen molar-refractivity contribution in [2.24, 2.45) is 5.92 Å². The number of carboxylic acids is 1. The fourth-order valence-electron chi connectivity index (χ4n) is 2.94. The topological polar surface area (TPSA) is 105 Å². The third-order valence-corrected chi connectivity index (χ3v) is 4.50. The molecule has 7 nitrogen and oxygen atoms in total. The van der Waals surface area contributed by atoms with Crippen LogP contribution in [0.25, 0.3) is 0 Å². The summed E-state index contributed by atoms with van der Waals surface area (Å²) < 4.78 is 18.2. The Labute approximate surface area is 180 Å². The summed E-state index contributed by atoms with van der Waals surface area (Å²) >= 11 is 0. The van der Waals surface area contributed by atoms with E-state index in [4.69, 9.17) is 4.74 Å². The fraction of sp³-hybridized carbons (Fsp3) is 0.348. The SMILES string of the molecule is CC(C)C[C@H](NC(=O)OCc1ccccc1)C(=O)N[C@H](Cc1ccc(F)cc1)C(=O)O. The van der Waals surface area contributed by atoms with Crippen LogP contribution in [-0.4, -0.2) is 35.2 Å². The smallest absolute Gasteiger partial charge is 0.408 e. The first-order valence-electron chi connectivity index (χ1n) is 9.99. The number of alkyl carbamates (subject to hydrolysis) is 1. The van der Waals surface area contributed by atoms with Gasteiger partial charge in [0.25, 0.3) is 0 Å². The van der Waals surface area contributed by atoms with Gasteiger partial charge in [-0.05, 0) is 35.6 Å². The predicted octanol–water partition coefficient (Wildman–Crippen LogP) is 3.28. The van der Waals surface area contributed by atoms with Gasteiger partial charge in [-0.2, -0.15) is 0 Å². The van der Waals surface area contributed by atoms with Crippen LogP contribution < -0.4 is 10.6 Å². The normalized spacial score (nSPS) is 12.6. The first-order valence-corrected chi connectivity index (χ1v) is 9.99. The van der Waals surface area contributed by atoms with Gasteiger partial charge in [-0.1, -0.05) is 56.3 Å². The molecule has 0 saturated heterocycles. The quantitative estimate of drug-likeness (QED) is 0.537. The van der Waals surface area contributed by atoms with E-state index in [0.717, 1.165) is 5.56 Å². The molecule has 0 unspecified atom stereocenters. The Morgan fingerprint density at radius 1 is 0.935 bits per heavy atom. The molecule has 0 heterocycles. The van der Waals surface area contributed by atoms with Crippen molar-refractivity contribution >= 4 is 18.0 Å². The molecule has 0 bridgehead atoms. The first kappa shape index (κ1) is 23.9. The van der Waals surface area contributed by atoms with Gasteiger partial charge >= 0.3 is 12.1 Å². The summed E-state index contributed by atoms with van der Waals surface area (Å²) in [7, 11) is 0. The Bertz CT molecular complexity index is 871. The van der Waals surface area contributed by atoms with Gasteiger partial charge in [0, 0.05) is 6.42 Å². The zero-order valence-electron chi connectivity index (χ0n) is 17.5. The Balaban J connectivity index is 1.99. The van der Waals surface area contributed by atoms with Gasteiger partial charge < -0.3 is 20.5 Å². The Hall–Kier alpha value is -3.42. The Kier molecular flexibility index (Phi) is 8.99. The third-order valence-electron chi connectivity index (χ3n) is 4.50. The Morgan fingerprint density at radius 2 is 1.58 bits per heavy atom. The van der Waals surface area contributed by atoms with Crippen LogP contribution in [0.5, 0.6) is 0 Å². The summed E-state index contributed by atoms with van der Waals surface area (Å²) in [5.74, 6) is -2.23. The summed E-state index contributed by atoms with van der Waals surface area (Å²) in [5, 5.41) is 14.5. The lowest BCUT2D eigenvalue weighted by molar-refractivity contribution is -0.142. The average Bonchev–Trinajstić information content (AvgIpc) is 2.73. The van der Waals surface area contributed by atoms with Gasteiger partial charge in [0.05, 0.1) is 0 Å². The van der Waals surface area contributed by atoms with Crippen LogP contribution in [0, 0.1) is 11.7 Å². The Morgan fingerprint density at radius 3 is 2.16 bits per heavy atom. The van der Waals surface area contributed by atoms with Crippen LogP contribution in [0.1, 0.15) is 31.4 Å². The summed E-state index contributed by atoms with van der Waals surface area (Å²) in [4.78, 5) is 36.6. The van der Waals surface area contributed by atoms with E-state index in [1.54, 1.807) is 12.1 Å². The second-order valence-corrected chi connectivity index (χ2v) is 7.62. The zero-order chi connectivity index (χ0) is 22.8. The van der Waals surface area contributed by atoms with E-state index in [0.29, 0.717) is 12.0 Å². The van der Waals surface area contributed by atoms with Crippen molar-refractivity contribution < 1.29 is 28.6 Å². The summed E-state index contributed by atoms with van der Waals surface area (Å²) in [5.41, 5.74) is 1.36. The zero-order valence-corrected chi connectivity index (χ0v) is 17.5. The number of amides is 2. The number of carbonyl (C=O) groups is 3. The minimum atomic E-state index is -1.23. The van der Waals surface area contributed by atoms with Gasteiger partial charge in [-0.3, -0.25) is 4.79 Å². The minimum absolute atomic E-state index is 0.0196. The number of halogens is 1. The fourth-order valence-corrected chi connectivity index (χ4v) is 2.94. The molecule has 166 valence electrons. The highest BCUT2D eigenvalue weighted by molar-refractivity contribution is 5.89. The van der Waals surface area contributed by atoms with Gasteiger partial charge in [-0.15, -0.1) is 0 Å². The van der Waals surface area contributed by atoms with Crippen molar-refractivity contribution in [3.8, 4) is 0 Å². The van der Waals surface area contributed by atoms with Crippen molar-refractivity contribution in [2.75, 3.05) is 0 Å². The van der Waals surface area contributed by atoms with Crippen LogP contribution >= 0.6 is 0 Å². The van der Waals surface area contributed by atoms with Gasteiger partial charge in [0.15, 0.2) is 0 Å². The number of benzene rings is 2.